The SMILES string of the molecule is N[C@@H](CO[C@@H]1OC[C@@H](O[C@@H]2O[C@H](CO)[C@H](O)[C@H](O)[C@H]2O)[C@H](O)[C@H]1OP(=O)([O-])[O-])C(=O)[O-].[Na+].[Na+].[Na+]. The number of carbonyl (C=O) groups excluding carboxylic acids is 1. The maximum atomic E-state index is 11.1. The summed E-state index contributed by atoms with van der Waals surface area (Å²) in [6.07, 6.45) is -15.6. The first kappa shape index (κ1) is 38.3. The van der Waals surface area contributed by atoms with E-state index in [2.05, 4.69) is 4.52 Å². The fraction of sp³-hybridized carbons (Fsp3) is 0.929. The fourth-order valence-electron chi connectivity index (χ4n) is 2.90. The van der Waals surface area contributed by atoms with Gasteiger partial charge in [0.15, 0.2) is 12.6 Å². The first-order chi connectivity index (χ1) is 14.4. The summed E-state index contributed by atoms with van der Waals surface area (Å²) >= 11 is 0. The van der Waals surface area contributed by atoms with Crippen LogP contribution in [0, 0.1) is 0 Å². The van der Waals surface area contributed by atoms with Gasteiger partial charge in [-0.25, -0.2) is 0 Å². The van der Waals surface area contributed by atoms with Crippen molar-refractivity contribution in [2.24, 2.45) is 5.73 Å². The zero-order chi connectivity index (χ0) is 23.5. The van der Waals surface area contributed by atoms with Crippen molar-refractivity contribution in [3.05, 3.63) is 0 Å². The molecule has 16 nitrogen and oxygen atoms in total. The van der Waals surface area contributed by atoms with Crippen molar-refractivity contribution in [2.45, 2.75) is 61.3 Å². The number of aliphatic carboxylic acids is 1. The van der Waals surface area contributed by atoms with Gasteiger partial charge in [-0.1, -0.05) is 0 Å². The number of nitrogens with two attached hydrogens (primary N) is 1. The van der Waals surface area contributed by atoms with Gasteiger partial charge >= 0.3 is 88.7 Å². The largest absolute Gasteiger partial charge is 1.00 e. The van der Waals surface area contributed by atoms with Crippen LogP contribution in [0.15, 0.2) is 0 Å². The molecule has 0 aromatic carbocycles. The molecular formula is C14H23NNa3O15P. The van der Waals surface area contributed by atoms with Crippen LogP contribution in [0.5, 0.6) is 0 Å². The van der Waals surface area contributed by atoms with Crippen LogP contribution in [-0.4, -0.2) is 113 Å². The van der Waals surface area contributed by atoms with Gasteiger partial charge in [0, 0.05) is 0 Å². The Morgan fingerprint density at radius 3 is 2.15 bits per heavy atom. The minimum atomic E-state index is -5.71. The topological polar surface area (TPSA) is 277 Å². The Balaban J connectivity index is 0. The normalized spacial score (nSPS) is 36.9. The van der Waals surface area contributed by atoms with Crippen molar-refractivity contribution >= 4 is 13.8 Å². The van der Waals surface area contributed by atoms with Crippen molar-refractivity contribution in [3.63, 3.8) is 0 Å². The Hall–Kier alpha value is 2.18. The Kier molecular flexibility index (Phi) is 19.2. The molecule has 0 radical (unpaired) electrons. The Morgan fingerprint density at radius 1 is 1.06 bits per heavy atom. The molecule has 0 unspecified atom stereocenters. The maximum absolute atomic E-state index is 11.1. The van der Waals surface area contributed by atoms with Gasteiger partial charge in [0.25, 0.3) is 0 Å². The van der Waals surface area contributed by atoms with Crippen LogP contribution in [0.25, 0.3) is 0 Å². The number of carboxylic acids is 1. The van der Waals surface area contributed by atoms with E-state index in [9.17, 15) is 49.8 Å². The Bertz CT molecular complexity index is 660. The zero-order valence-corrected chi connectivity index (χ0v) is 25.6. The van der Waals surface area contributed by atoms with E-state index in [4.69, 9.17) is 24.7 Å². The molecule has 0 aromatic rings. The van der Waals surface area contributed by atoms with E-state index in [1.54, 1.807) is 0 Å². The molecule has 34 heavy (non-hydrogen) atoms. The average molecular weight is 545 g/mol. The minimum Gasteiger partial charge on any atom is -0.790 e. The third-order valence-electron chi connectivity index (χ3n) is 4.56. The van der Waals surface area contributed by atoms with Crippen molar-refractivity contribution in [1.29, 1.82) is 0 Å². The van der Waals surface area contributed by atoms with Crippen LogP contribution in [0.4, 0.5) is 0 Å². The summed E-state index contributed by atoms with van der Waals surface area (Å²) in [5.41, 5.74) is 5.20. The maximum Gasteiger partial charge on any atom is 1.00 e. The van der Waals surface area contributed by atoms with Gasteiger partial charge < -0.3 is 79.0 Å². The molecule has 0 amide bonds. The molecule has 0 aromatic heterocycles. The molecule has 2 aliphatic heterocycles. The molecule has 2 heterocycles. The molecule has 0 spiro atoms. The minimum absolute atomic E-state index is 0. The van der Waals surface area contributed by atoms with E-state index in [-0.39, 0.29) is 88.7 Å². The van der Waals surface area contributed by atoms with Gasteiger partial charge in [0.1, 0.15) is 42.7 Å². The fourth-order valence-corrected chi connectivity index (χ4v) is 3.42. The number of carbonyl (C=O) groups is 1. The first-order valence-corrected chi connectivity index (χ1v) is 10.4. The van der Waals surface area contributed by atoms with Gasteiger partial charge in [0.2, 0.25) is 0 Å². The molecule has 0 saturated carbocycles. The van der Waals surface area contributed by atoms with Gasteiger partial charge in [-0.3, -0.25) is 0 Å². The second-order valence-electron chi connectivity index (χ2n) is 6.84. The molecular weight excluding hydrogens is 522 g/mol. The van der Waals surface area contributed by atoms with Gasteiger partial charge in [0.05, 0.1) is 39.7 Å². The summed E-state index contributed by atoms with van der Waals surface area (Å²) in [7, 11) is -5.71. The summed E-state index contributed by atoms with van der Waals surface area (Å²) < 4.78 is 35.8. The third kappa shape index (κ3) is 10.7. The summed E-state index contributed by atoms with van der Waals surface area (Å²) in [6.45, 7) is -2.08. The van der Waals surface area contributed by atoms with Crippen LogP contribution in [0.2, 0.25) is 0 Å². The van der Waals surface area contributed by atoms with Crippen LogP contribution < -0.4 is 109 Å². The second-order valence-corrected chi connectivity index (χ2v) is 7.95. The number of phosphoric ester groups is 1. The number of ether oxygens (including phenoxy) is 4. The number of hydrogen-bond acceptors (Lipinski definition) is 16. The predicted octanol–water partition coefficient (Wildman–Crippen LogP) is -16.8. The van der Waals surface area contributed by atoms with Crippen LogP contribution in [-0.2, 0) is 32.8 Å². The second kappa shape index (κ2) is 17.0. The summed E-state index contributed by atoms with van der Waals surface area (Å²) in [5, 5.41) is 59.8. The van der Waals surface area contributed by atoms with Crippen LogP contribution in [0.1, 0.15) is 0 Å². The van der Waals surface area contributed by atoms with Crippen molar-refractivity contribution in [3.8, 4) is 0 Å². The van der Waals surface area contributed by atoms with Crippen molar-refractivity contribution in [2.75, 3.05) is 19.8 Å². The molecule has 0 bridgehead atoms. The molecule has 2 aliphatic rings. The number of carboxylic acid groups (broad SMARTS) is 1. The number of rotatable bonds is 9. The Labute approximate surface area is 260 Å². The van der Waals surface area contributed by atoms with E-state index in [1.165, 1.54) is 0 Å². The molecule has 182 valence electrons. The summed E-state index contributed by atoms with van der Waals surface area (Å²) in [4.78, 5) is 32.8. The van der Waals surface area contributed by atoms with E-state index in [0.717, 1.165) is 0 Å². The molecule has 2 fully saturated rings. The van der Waals surface area contributed by atoms with Crippen LogP contribution in [0.3, 0.4) is 0 Å². The molecule has 20 heteroatoms. The zero-order valence-electron chi connectivity index (χ0n) is 18.7. The standard InChI is InChI=1S/C14H26NO15P.3Na/c15-4(12(21)22)2-26-14-11(30-31(23,24)25)8(18)6(3-27-14)29-13-10(20)9(19)7(17)5(1-16)28-13;;;/h4-11,13-14,16-20H,1-3,15H2,(H,21,22)(H2,23,24,25);;;/q;3*+1/p-3/t4-,5+,6+,7-,8-,9-,10+,11+,13-,14+;;;/m0.../s1. The van der Waals surface area contributed by atoms with Gasteiger partial charge in [-0.2, -0.15) is 0 Å². The molecule has 2 saturated heterocycles. The van der Waals surface area contributed by atoms with Gasteiger partial charge in [-0.15, -0.1) is 0 Å². The monoisotopic (exact) mass is 545 g/mol. The van der Waals surface area contributed by atoms with Crippen molar-refractivity contribution < 1.29 is 162 Å². The molecule has 10 atom stereocenters. The molecule has 2 rings (SSSR count). The smallest absolute Gasteiger partial charge is 0.790 e. The Morgan fingerprint density at radius 2 is 1.65 bits per heavy atom. The van der Waals surface area contributed by atoms with Crippen LogP contribution >= 0.6 is 7.82 Å². The third-order valence-corrected chi connectivity index (χ3v) is 5.06. The predicted molar refractivity (Wildman–Crippen MR) is 85.8 cm³/mol. The number of aliphatic hydroxyl groups is 5. The number of phosphoric acid groups is 1. The quantitative estimate of drug-likeness (QED) is 0.116. The summed E-state index contributed by atoms with van der Waals surface area (Å²) in [6, 6.07) is -1.64. The summed E-state index contributed by atoms with van der Waals surface area (Å²) in [5.74, 6) is -1.70. The number of aliphatic hydroxyl groups excluding tert-OH is 5. The number of hydrogen-bond donors (Lipinski definition) is 6. The first-order valence-electron chi connectivity index (χ1n) is 8.89. The van der Waals surface area contributed by atoms with E-state index >= 15 is 0 Å². The van der Waals surface area contributed by atoms with E-state index in [0.29, 0.717) is 0 Å². The van der Waals surface area contributed by atoms with Gasteiger partial charge in [-0.05, 0) is 0 Å². The molecule has 0 aliphatic carbocycles. The molecule has 7 N–H and O–H groups in total. The van der Waals surface area contributed by atoms with Crippen molar-refractivity contribution in [1.82, 2.24) is 0 Å². The average Bonchev–Trinajstić information content (AvgIpc) is 2.69. The van der Waals surface area contributed by atoms with E-state index in [1.807, 2.05) is 0 Å². The van der Waals surface area contributed by atoms with E-state index < -0.39 is 95.0 Å².